The predicted octanol–water partition coefficient (Wildman–Crippen LogP) is 2.03. The van der Waals surface area contributed by atoms with Gasteiger partial charge in [-0.25, -0.2) is 4.39 Å². The topological polar surface area (TPSA) is 64.7 Å². The van der Waals surface area contributed by atoms with E-state index in [4.69, 9.17) is 0 Å². The van der Waals surface area contributed by atoms with Crippen LogP contribution in [-0.4, -0.2) is 25.5 Å². The van der Waals surface area contributed by atoms with Crippen molar-refractivity contribution in [1.29, 1.82) is 0 Å². The highest BCUT2D eigenvalue weighted by Gasteiger charge is 2.10. The van der Waals surface area contributed by atoms with Crippen molar-refractivity contribution in [2.75, 3.05) is 5.32 Å². The molecule has 2 heterocycles. The zero-order valence-corrected chi connectivity index (χ0v) is 11.5. The Kier molecular flexibility index (Phi) is 3.39. The van der Waals surface area contributed by atoms with E-state index >= 15 is 0 Å². The van der Waals surface area contributed by atoms with Crippen LogP contribution in [0.15, 0.2) is 36.7 Å². The minimum absolute atomic E-state index is 0.0892. The Labute approximate surface area is 120 Å². The van der Waals surface area contributed by atoms with Gasteiger partial charge in [-0.2, -0.15) is 9.90 Å². The number of carbonyl (C=O) groups is 1. The van der Waals surface area contributed by atoms with Crippen LogP contribution in [0.2, 0.25) is 0 Å². The van der Waals surface area contributed by atoms with E-state index in [1.807, 2.05) is 6.92 Å². The lowest BCUT2D eigenvalue weighted by Crippen LogP contribution is -2.18. The Bertz CT molecular complexity index is 792. The molecule has 0 bridgehead atoms. The molecule has 0 saturated heterocycles. The number of nitrogens with one attached hydrogen (secondary N) is 1. The zero-order valence-electron chi connectivity index (χ0n) is 11.5. The van der Waals surface area contributed by atoms with Crippen molar-refractivity contribution in [1.82, 2.24) is 19.6 Å². The second-order valence-corrected chi connectivity index (χ2v) is 4.58. The van der Waals surface area contributed by atoms with Gasteiger partial charge in [-0.3, -0.25) is 4.79 Å². The number of hydrogen-bond acceptors (Lipinski definition) is 3. The molecule has 7 heteroatoms. The first-order valence-electron chi connectivity index (χ1n) is 6.60. The van der Waals surface area contributed by atoms with Crippen LogP contribution in [0.3, 0.4) is 0 Å². The van der Waals surface area contributed by atoms with Crippen molar-refractivity contribution in [2.45, 2.75) is 20.0 Å². The van der Waals surface area contributed by atoms with Gasteiger partial charge in [0.25, 0.3) is 0 Å². The summed E-state index contributed by atoms with van der Waals surface area (Å²) in [5.74, 6) is -0.123. The maximum absolute atomic E-state index is 13.6. The van der Waals surface area contributed by atoms with Gasteiger partial charge >= 0.3 is 0 Å². The summed E-state index contributed by atoms with van der Waals surface area (Å²) >= 11 is 0. The second kappa shape index (κ2) is 5.35. The van der Waals surface area contributed by atoms with Gasteiger partial charge in [-0.05, 0) is 25.1 Å². The first-order chi connectivity index (χ1) is 10.2. The van der Waals surface area contributed by atoms with Gasteiger partial charge in [0, 0.05) is 11.6 Å². The van der Waals surface area contributed by atoms with Crippen molar-refractivity contribution in [3.63, 3.8) is 0 Å². The lowest BCUT2D eigenvalue weighted by atomic mass is 10.2. The third-order valence-corrected chi connectivity index (χ3v) is 3.16. The third kappa shape index (κ3) is 2.62. The molecule has 1 aromatic carbocycles. The summed E-state index contributed by atoms with van der Waals surface area (Å²) in [4.78, 5) is 13.5. The fourth-order valence-corrected chi connectivity index (χ4v) is 2.17. The van der Waals surface area contributed by atoms with Crippen LogP contribution in [0.25, 0.3) is 10.9 Å². The van der Waals surface area contributed by atoms with E-state index in [1.54, 1.807) is 29.0 Å². The molecule has 0 atom stereocenters. The molecule has 0 saturated carbocycles. The van der Waals surface area contributed by atoms with E-state index in [1.165, 1.54) is 17.1 Å². The fourth-order valence-electron chi connectivity index (χ4n) is 2.17. The molecule has 1 amide bonds. The van der Waals surface area contributed by atoms with Gasteiger partial charge in [0.1, 0.15) is 12.4 Å². The molecule has 0 aliphatic rings. The number of carbonyl (C=O) groups excluding carboxylic acids is 1. The number of halogens is 1. The minimum Gasteiger partial charge on any atom is -0.338 e. The highest BCUT2D eigenvalue weighted by Crippen LogP contribution is 2.18. The van der Waals surface area contributed by atoms with Crippen LogP contribution in [-0.2, 0) is 17.9 Å². The molecule has 0 unspecified atom stereocenters. The van der Waals surface area contributed by atoms with Crippen LogP contribution < -0.4 is 5.32 Å². The molecule has 0 aliphatic carbocycles. The molecule has 2 aromatic heterocycles. The minimum atomic E-state index is -0.294. The summed E-state index contributed by atoms with van der Waals surface area (Å²) in [6.07, 6.45) is 3.19. The normalized spacial score (nSPS) is 11.0. The number of fused-ring (bicyclic) bond motifs is 1. The van der Waals surface area contributed by atoms with Gasteiger partial charge in [0.2, 0.25) is 5.91 Å². The van der Waals surface area contributed by atoms with Crippen LogP contribution in [0.1, 0.15) is 6.92 Å². The van der Waals surface area contributed by atoms with Crippen molar-refractivity contribution in [3.05, 3.63) is 42.5 Å². The molecular formula is C14H14FN5O. The summed E-state index contributed by atoms with van der Waals surface area (Å²) in [6, 6.07) is 6.46. The number of aromatic nitrogens is 4. The van der Waals surface area contributed by atoms with Gasteiger partial charge in [-0.15, -0.1) is 5.10 Å². The van der Waals surface area contributed by atoms with Crippen LogP contribution in [0.5, 0.6) is 0 Å². The predicted molar refractivity (Wildman–Crippen MR) is 76.2 cm³/mol. The quantitative estimate of drug-likeness (QED) is 0.798. The van der Waals surface area contributed by atoms with Crippen molar-refractivity contribution in [2.24, 2.45) is 0 Å². The van der Waals surface area contributed by atoms with E-state index in [0.29, 0.717) is 23.3 Å². The Hall–Kier alpha value is -2.70. The summed E-state index contributed by atoms with van der Waals surface area (Å²) < 4.78 is 15.3. The molecule has 1 N–H and O–H groups in total. The van der Waals surface area contributed by atoms with Crippen LogP contribution in [0, 0.1) is 5.82 Å². The van der Waals surface area contributed by atoms with Crippen molar-refractivity contribution < 1.29 is 9.18 Å². The fraction of sp³-hybridized carbons (Fsp3) is 0.214. The molecular weight excluding hydrogens is 273 g/mol. The Balaban J connectivity index is 1.75. The molecule has 0 radical (unpaired) electrons. The average molecular weight is 287 g/mol. The van der Waals surface area contributed by atoms with Gasteiger partial charge < -0.3 is 9.88 Å². The average Bonchev–Trinajstić information content (AvgIpc) is 3.07. The highest BCUT2D eigenvalue weighted by atomic mass is 19.1. The first kappa shape index (κ1) is 13.3. The van der Waals surface area contributed by atoms with Gasteiger partial charge in [-0.1, -0.05) is 6.07 Å². The summed E-state index contributed by atoms with van der Waals surface area (Å²) in [6.45, 7) is 2.63. The lowest BCUT2D eigenvalue weighted by Gasteiger charge is -2.05. The molecule has 0 spiro atoms. The monoisotopic (exact) mass is 287 g/mol. The number of rotatable bonds is 4. The number of benzene rings is 1. The van der Waals surface area contributed by atoms with Crippen molar-refractivity contribution in [3.8, 4) is 0 Å². The number of amides is 1. The smallest absolute Gasteiger partial charge is 0.245 e. The van der Waals surface area contributed by atoms with Crippen LogP contribution >= 0.6 is 0 Å². The standard InChI is InChI=1S/C14H14FN5O/c1-2-20-16-8-13(18-20)17-14(21)9-19-7-6-10-11(15)4-3-5-12(10)19/h3-8H,2,9H2,1H3,(H,17,18,21). The third-order valence-electron chi connectivity index (χ3n) is 3.16. The Morgan fingerprint density at radius 2 is 2.24 bits per heavy atom. The van der Waals surface area contributed by atoms with E-state index in [0.717, 1.165) is 0 Å². The van der Waals surface area contributed by atoms with E-state index in [9.17, 15) is 9.18 Å². The molecule has 3 rings (SSSR count). The van der Waals surface area contributed by atoms with Gasteiger partial charge in [0.15, 0.2) is 5.82 Å². The largest absolute Gasteiger partial charge is 0.338 e. The SMILES string of the molecule is CCn1ncc(NC(=O)Cn2ccc3c(F)cccc32)n1. The molecule has 0 fully saturated rings. The molecule has 21 heavy (non-hydrogen) atoms. The summed E-state index contributed by atoms with van der Waals surface area (Å²) in [5, 5.41) is 11.2. The second-order valence-electron chi connectivity index (χ2n) is 4.58. The summed E-state index contributed by atoms with van der Waals surface area (Å²) in [5.41, 5.74) is 0.683. The molecule has 0 aliphatic heterocycles. The van der Waals surface area contributed by atoms with Gasteiger partial charge in [0.05, 0.1) is 18.3 Å². The van der Waals surface area contributed by atoms with E-state index in [2.05, 4.69) is 15.5 Å². The maximum atomic E-state index is 13.6. The van der Waals surface area contributed by atoms with Crippen molar-refractivity contribution >= 4 is 22.6 Å². The summed E-state index contributed by atoms with van der Waals surface area (Å²) in [7, 11) is 0. The molecule has 3 aromatic rings. The van der Waals surface area contributed by atoms with E-state index < -0.39 is 0 Å². The Morgan fingerprint density at radius 3 is 3.00 bits per heavy atom. The molecule has 108 valence electrons. The van der Waals surface area contributed by atoms with Crippen LogP contribution in [0.4, 0.5) is 10.2 Å². The van der Waals surface area contributed by atoms with E-state index in [-0.39, 0.29) is 18.3 Å². The zero-order chi connectivity index (χ0) is 14.8. The highest BCUT2D eigenvalue weighted by molar-refractivity contribution is 5.91. The number of nitrogens with zero attached hydrogens (tertiary/aromatic N) is 4. The maximum Gasteiger partial charge on any atom is 0.245 e. The number of aryl methyl sites for hydroxylation is 1. The molecule has 6 nitrogen and oxygen atoms in total. The first-order valence-corrected chi connectivity index (χ1v) is 6.60. The number of anilines is 1. The Morgan fingerprint density at radius 1 is 1.38 bits per heavy atom. The number of hydrogen-bond donors (Lipinski definition) is 1. The lowest BCUT2D eigenvalue weighted by molar-refractivity contribution is -0.116.